The van der Waals surface area contributed by atoms with Crippen molar-refractivity contribution in [3.63, 3.8) is 0 Å². The molecule has 6 heteroatoms. The molecule has 146 valence electrons. The van der Waals surface area contributed by atoms with Gasteiger partial charge in [0.25, 0.3) is 0 Å². The van der Waals surface area contributed by atoms with Gasteiger partial charge in [-0.05, 0) is 25.3 Å². The van der Waals surface area contributed by atoms with E-state index in [0.717, 1.165) is 61.5 Å². The first-order valence-corrected chi connectivity index (χ1v) is 11.0. The molecule has 1 amide bonds. The molecule has 0 aliphatic carbocycles. The Balaban J connectivity index is 1.31. The largest absolute Gasteiger partial charge is 0.346 e. The molecule has 2 aromatic rings. The Morgan fingerprint density at radius 2 is 2.11 bits per heavy atom. The molecule has 1 saturated heterocycles. The summed E-state index contributed by atoms with van der Waals surface area (Å²) in [5.74, 6) is 2.47. The van der Waals surface area contributed by atoms with Crippen LogP contribution in [0.5, 0.6) is 0 Å². The summed E-state index contributed by atoms with van der Waals surface area (Å²) < 4.78 is 0. The summed E-state index contributed by atoms with van der Waals surface area (Å²) in [5.41, 5.74) is 3.33. The molecule has 2 N–H and O–H groups in total. The third-order valence-electron chi connectivity index (χ3n) is 4.99. The lowest BCUT2D eigenvalue weighted by molar-refractivity contribution is -0.130. The quantitative estimate of drug-likeness (QED) is 0.649. The average Bonchev–Trinajstić information content (AvgIpc) is 3.18. The van der Waals surface area contributed by atoms with Gasteiger partial charge < -0.3 is 10.2 Å². The first-order valence-electron chi connectivity index (χ1n) is 9.87. The van der Waals surface area contributed by atoms with Gasteiger partial charge in [-0.15, -0.1) is 0 Å². The predicted octanol–water partition coefficient (Wildman–Crippen LogP) is 3.34. The van der Waals surface area contributed by atoms with Crippen LogP contribution >= 0.6 is 11.8 Å². The Bertz CT molecular complexity index is 697. The van der Waals surface area contributed by atoms with Crippen LogP contribution in [0.4, 0.5) is 0 Å². The van der Waals surface area contributed by atoms with E-state index in [0.29, 0.717) is 12.5 Å². The van der Waals surface area contributed by atoms with Crippen molar-refractivity contribution < 1.29 is 4.79 Å². The van der Waals surface area contributed by atoms with Crippen molar-refractivity contribution in [1.29, 1.82) is 0 Å². The molecule has 1 atom stereocenters. The number of rotatable bonds is 9. The van der Waals surface area contributed by atoms with Crippen LogP contribution in [0.1, 0.15) is 31.4 Å². The molecule has 27 heavy (non-hydrogen) atoms. The van der Waals surface area contributed by atoms with Gasteiger partial charge in [-0.3, -0.25) is 9.89 Å². The third-order valence-corrected chi connectivity index (χ3v) is 6.12. The second-order valence-electron chi connectivity index (χ2n) is 7.20. The van der Waals surface area contributed by atoms with Crippen LogP contribution in [0.15, 0.2) is 36.4 Å². The van der Waals surface area contributed by atoms with Gasteiger partial charge in [0.15, 0.2) is 0 Å². The number of nitrogens with one attached hydrogen (secondary N) is 2. The smallest absolute Gasteiger partial charge is 0.223 e. The number of thioether (sulfide) groups is 1. The molecule has 0 saturated carbocycles. The summed E-state index contributed by atoms with van der Waals surface area (Å²) in [6.07, 6.45) is 4.91. The van der Waals surface area contributed by atoms with Crippen molar-refractivity contribution in [1.82, 2.24) is 20.4 Å². The lowest BCUT2D eigenvalue weighted by Gasteiger charge is -2.25. The van der Waals surface area contributed by atoms with Gasteiger partial charge >= 0.3 is 0 Å². The van der Waals surface area contributed by atoms with Crippen molar-refractivity contribution in [2.24, 2.45) is 0 Å². The highest BCUT2D eigenvalue weighted by molar-refractivity contribution is 7.99. The number of hydrogen-bond acceptors (Lipinski definition) is 4. The fraction of sp³-hybridized carbons (Fsp3) is 0.524. The van der Waals surface area contributed by atoms with Gasteiger partial charge in [-0.1, -0.05) is 36.8 Å². The van der Waals surface area contributed by atoms with Crippen LogP contribution in [0.25, 0.3) is 11.3 Å². The summed E-state index contributed by atoms with van der Waals surface area (Å²) in [6.45, 7) is 1.86. The Hall–Kier alpha value is -1.79. The summed E-state index contributed by atoms with van der Waals surface area (Å²) in [4.78, 5) is 14.2. The van der Waals surface area contributed by atoms with E-state index in [1.807, 2.05) is 41.9 Å². The highest BCUT2D eigenvalue weighted by Gasteiger charge is 2.18. The average molecular weight is 387 g/mol. The van der Waals surface area contributed by atoms with Crippen LogP contribution in [0, 0.1) is 0 Å². The summed E-state index contributed by atoms with van der Waals surface area (Å²) in [6, 6.07) is 12.7. The number of unbranched alkanes of at least 4 members (excludes halogenated alkanes) is 2. The van der Waals surface area contributed by atoms with E-state index in [-0.39, 0.29) is 5.91 Å². The van der Waals surface area contributed by atoms with Gasteiger partial charge in [0.2, 0.25) is 5.91 Å². The first kappa shape index (κ1) is 20.0. The fourth-order valence-electron chi connectivity index (χ4n) is 3.33. The molecule has 1 aliphatic heterocycles. The second kappa shape index (κ2) is 10.5. The van der Waals surface area contributed by atoms with E-state index in [4.69, 9.17) is 0 Å². The number of carbonyl (C=O) groups excluding carboxylic acids is 1. The monoisotopic (exact) mass is 386 g/mol. The van der Waals surface area contributed by atoms with Crippen LogP contribution in [-0.2, 0) is 11.2 Å². The number of hydrogen-bond donors (Lipinski definition) is 2. The van der Waals surface area contributed by atoms with Crippen molar-refractivity contribution in [2.75, 3.05) is 31.6 Å². The van der Waals surface area contributed by atoms with Gasteiger partial charge in [-0.25, -0.2) is 0 Å². The van der Waals surface area contributed by atoms with E-state index >= 15 is 0 Å². The van der Waals surface area contributed by atoms with Gasteiger partial charge in [-0.2, -0.15) is 16.9 Å². The molecule has 1 aliphatic rings. The number of carbonyl (C=O) groups is 1. The normalized spacial score (nSPS) is 17.0. The summed E-state index contributed by atoms with van der Waals surface area (Å²) in [7, 11) is 1.93. The number of H-pyrrole nitrogens is 1. The topological polar surface area (TPSA) is 61.0 Å². The van der Waals surface area contributed by atoms with Crippen LogP contribution in [0.2, 0.25) is 0 Å². The van der Waals surface area contributed by atoms with Gasteiger partial charge in [0.1, 0.15) is 0 Å². The molecule has 2 heterocycles. The Kier molecular flexibility index (Phi) is 7.78. The fourth-order valence-corrected chi connectivity index (χ4v) is 4.28. The van der Waals surface area contributed by atoms with Crippen molar-refractivity contribution in [2.45, 2.75) is 38.1 Å². The van der Waals surface area contributed by atoms with E-state index in [1.54, 1.807) is 0 Å². The number of nitrogens with zero attached hydrogens (tertiary/aromatic N) is 2. The molecule has 3 rings (SSSR count). The Labute approximate surface area is 166 Å². The second-order valence-corrected chi connectivity index (χ2v) is 8.35. The molecule has 1 aromatic carbocycles. The van der Waals surface area contributed by atoms with Crippen LogP contribution in [-0.4, -0.2) is 58.7 Å². The van der Waals surface area contributed by atoms with Crippen LogP contribution < -0.4 is 5.32 Å². The van der Waals surface area contributed by atoms with Crippen molar-refractivity contribution in [3.05, 3.63) is 42.1 Å². The summed E-state index contributed by atoms with van der Waals surface area (Å²) >= 11 is 1.94. The number of aryl methyl sites for hydroxylation is 1. The lowest BCUT2D eigenvalue weighted by atomic mass is 10.1. The zero-order chi connectivity index (χ0) is 18.9. The SMILES string of the molecule is CN(CCCCCc1cc(-c2ccccc2)n[nH]1)C(=O)CC1CSCCN1. The maximum absolute atomic E-state index is 12.3. The maximum atomic E-state index is 12.3. The highest BCUT2D eigenvalue weighted by Crippen LogP contribution is 2.18. The van der Waals surface area contributed by atoms with E-state index in [1.165, 1.54) is 5.69 Å². The van der Waals surface area contributed by atoms with Crippen LogP contribution in [0.3, 0.4) is 0 Å². The molecule has 0 radical (unpaired) electrons. The molecular formula is C21H30N4OS. The zero-order valence-corrected chi connectivity index (χ0v) is 16.9. The summed E-state index contributed by atoms with van der Waals surface area (Å²) in [5, 5.41) is 11.0. The number of aromatic nitrogens is 2. The highest BCUT2D eigenvalue weighted by atomic mass is 32.2. The number of amides is 1. The molecule has 1 fully saturated rings. The Morgan fingerprint density at radius 3 is 2.89 bits per heavy atom. The minimum Gasteiger partial charge on any atom is -0.346 e. The zero-order valence-electron chi connectivity index (χ0n) is 16.1. The first-order chi connectivity index (χ1) is 13.2. The van der Waals surface area contributed by atoms with E-state index in [2.05, 4.69) is 33.7 Å². The van der Waals surface area contributed by atoms with E-state index in [9.17, 15) is 4.79 Å². The maximum Gasteiger partial charge on any atom is 0.223 e. The third kappa shape index (κ3) is 6.40. The molecule has 0 spiro atoms. The standard InChI is InChI=1S/C21H30N4OS/c1-25(21(26)15-19-16-27-13-11-22-19)12-7-3-6-10-18-14-20(24-23-18)17-8-4-2-5-9-17/h2,4-5,8-9,14,19,22H,3,6-7,10-13,15-16H2,1H3,(H,23,24). The minimum absolute atomic E-state index is 0.260. The molecule has 0 bridgehead atoms. The molecule has 5 nitrogen and oxygen atoms in total. The molecule has 1 unspecified atom stereocenters. The lowest BCUT2D eigenvalue weighted by Crippen LogP contribution is -2.41. The molecular weight excluding hydrogens is 356 g/mol. The minimum atomic E-state index is 0.260. The number of benzene rings is 1. The van der Waals surface area contributed by atoms with Gasteiger partial charge in [0.05, 0.1) is 5.69 Å². The number of aromatic amines is 1. The Morgan fingerprint density at radius 1 is 1.26 bits per heavy atom. The van der Waals surface area contributed by atoms with Crippen molar-refractivity contribution >= 4 is 17.7 Å². The predicted molar refractivity (Wildman–Crippen MR) is 113 cm³/mol. The molecule has 1 aromatic heterocycles. The van der Waals surface area contributed by atoms with E-state index < -0.39 is 0 Å². The van der Waals surface area contributed by atoms with Crippen molar-refractivity contribution in [3.8, 4) is 11.3 Å². The van der Waals surface area contributed by atoms with Gasteiger partial charge in [0, 0.05) is 55.4 Å².